The van der Waals surface area contributed by atoms with Crippen LogP contribution in [0.4, 0.5) is 5.69 Å². The van der Waals surface area contributed by atoms with Gasteiger partial charge in [0.25, 0.3) is 5.91 Å². The molecule has 0 spiro atoms. The van der Waals surface area contributed by atoms with Crippen LogP contribution in [0.15, 0.2) is 57.3 Å². The lowest BCUT2D eigenvalue weighted by molar-refractivity contribution is -0.121. The first-order chi connectivity index (χ1) is 16.4. The van der Waals surface area contributed by atoms with Crippen molar-refractivity contribution in [3.63, 3.8) is 0 Å². The van der Waals surface area contributed by atoms with E-state index in [0.29, 0.717) is 17.9 Å². The number of amidine groups is 1. The zero-order valence-electron chi connectivity index (χ0n) is 19.7. The Labute approximate surface area is 205 Å². The number of nitrogens with two attached hydrogens (primary N) is 1. The van der Waals surface area contributed by atoms with Gasteiger partial charge in [0.05, 0.1) is 11.1 Å². The largest absolute Gasteiger partial charge is 0.506 e. The van der Waals surface area contributed by atoms with Gasteiger partial charge in [0.2, 0.25) is 0 Å². The normalized spacial score (nSPS) is 21.5. The summed E-state index contributed by atoms with van der Waals surface area (Å²) in [5, 5.41) is 14.1. The van der Waals surface area contributed by atoms with Crippen LogP contribution >= 0.6 is 10.8 Å². The lowest BCUT2D eigenvalue weighted by Gasteiger charge is -2.39. The Hall–Kier alpha value is -3.34. The van der Waals surface area contributed by atoms with E-state index in [4.69, 9.17) is 10.5 Å². The van der Waals surface area contributed by atoms with Crippen LogP contribution in [0.3, 0.4) is 0 Å². The van der Waals surface area contributed by atoms with Crippen molar-refractivity contribution in [2.45, 2.75) is 43.9 Å². The number of aliphatic hydroxyl groups excluding tert-OH is 1. The second-order valence-electron chi connectivity index (χ2n) is 9.36. The number of carbonyl (C=O) groups is 2. The molecule has 0 aromatic heterocycles. The molecule has 1 atom stereocenters. The molecule has 1 heterocycles. The molecule has 186 valence electrons. The van der Waals surface area contributed by atoms with E-state index >= 15 is 0 Å². The van der Waals surface area contributed by atoms with Gasteiger partial charge < -0.3 is 20.9 Å². The van der Waals surface area contributed by atoms with Gasteiger partial charge in [-0.25, -0.2) is 0 Å². The number of amides is 1. The van der Waals surface area contributed by atoms with Crippen molar-refractivity contribution in [2.75, 3.05) is 11.9 Å². The molecule has 1 amide bonds. The number of hydrogen-bond donors (Lipinski definition) is 5. The number of anilines is 1. The summed E-state index contributed by atoms with van der Waals surface area (Å²) >= 11 is 0. The summed E-state index contributed by atoms with van der Waals surface area (Å²) in [5.41, 5.74) is 5.61. The van der Waals surface area contributed by atoms with Crippen LogP contribution < -0.4 is 15.8 Å². The molecule has 2 aromatic carbocycles. The molecular weight excluding hydrogens is 470 g/mol. The van der Waals surface area contributed by atoms with Crippen molar-refractivity contribution in [1.29, 1.82) is 0 Å². The third-order valence-electron chi connectivity index (χ3n) is 6.30. The minimum absolute atomic E-state index is 0.0366. The quantitative estimate of drug-likeness (QED) is 0.371. The average Bonchev–Trinajstić information content (AvgIpc) is 2.80. The molecule has 0 saturated carbocycles. The third kappa shape index (κ3) is 4.52. The topological polar surface area (TPSA) is 154 Å². The van der Waals surface area contributed by atoms with E-state index in [1.807, 2.05) is 19.1 Å². The third-order valence-corrected chi connectivity index (χ3v) is 7.67. The van der Waals surface area contributed by atoms with E-state index in [1.165, 1.54) is 18.2 Å². The number of carbonyl (C=O) groups excluding carboxylic acids is 2. The number of primary amides is 1. The molecule has 35 heavy (non-hydrogen) atoms. The van der Waals surface area contributed by atoms with Gasteiger partial charge in [0, 0.05) is 11.6 Å². The number of benzene rings is 2. The highest BCUT2D eigenvalue weighted by Gasteiger charge is 2.46. The first-order valence-electron chi connectivity index (χ1n) is 11.2. The maximum absolute atomic E-state index is 13.9. The molecule has 1 aliphatic carbocycles. The van der Waals surface area contributed by atoms with Crippen LogP contribution in [0.5, 0.6) is 5.75 Å². The van der Waals surface area contributed by atoms with Crippen LogP contribution in [0.1, 0.15) is 44.7 Å². The minimum Gasteiger partial charge on any atom is -0.506 e. The van der Waals surface area contributed by atoms with Crippen molar-refractivity contribution in [3.05, 3.63) is 59.2 Å². The highest BCUT2D eigenvalue weighted by atomic mass is 32.3. The SMILES string of the molecule is CC(C)CC[C@]1(C)C(=O)C(C2=NS(O)(O)c3cc(OCC(N)=O)ccc3N2)=C(O)c2ccccc21. The number of fused-ring (bicyclic) bond motifs is 2. The number of rotatable bonds is 7. The second kappa shape index (κ2) is 9.03. The van der Waals surface area contributed by atoms with Gasteiger partial charge >= 0.3 is 0 Å². The zero-order chi connectivity index (χ0) is 25.5. The van der Waals surface area contributed by atoms with Crippen LogP contribution in [-0.4, -0.2) is 38.3 Å². The van der Waals surface area contributed by atoms with E-state index in [2.05, 4.69) is 23.6 Å². The summed E-state index contributed by atoms with van der Waals surface area (Å²) in [6.45, 7) is 5.64. The van der Waals surface area contributed by atoms with E-state index in [-0.39, 0.29) is 45.9 Å². The predicted molar refractivity (Wildman–Crippen MR) is 136 cm³/mol. The highest BCUT2D eigenvalue weighted by molar-refractivity contribution is 8.23. The van der Waals surface area contributed by atoms with Gasteiger partial charge in [-0.05, 0) is 43.4 Å². The number of nitrogens with one attached hydrogen (secondary N) is 1. The van der Waals surface area contributed by atoms with Gasteiger partial charge in [-0.2, -0.15) is 0 Å². The maximum atomic E-state index is 13.9. The summed E-state index contributed by atoms with van der Waals surface area (Å²) < 4.78 is 31.0. The van der Waals surface area contributed by atoms with Crippen LogP contribution in [0.2, 0.25) is 0 Å². The molecular formula is C25H29N3O6S. The maximum Gasteiger partial charge on any atom is 0.255 e. The fraction of sp³-hybridized carbons (Fsp3) is 0.320. The number of ether oxygens (including phenoxy) is 1. The summed E-state index contributed by atoms with van der Waals surface area (Å²) in [4.78, 5) is 24.9. The first-order valence-corrected chi connectivity index (χ1v) is 12.7. The molecule has 0 unspecified atom stereocenters. The Bertz CT molecular complexity index is 1270. The number of aliphatic hydroxyl groups is 1. The molecule has 6 N–H and O–H groups in total. The van der Waals surface area contributed by atoms with E-state index in [1.54, 1.807) is 12.1 Å². The number of nitrogens with zero attached hydrogens (tertiary/aromatic N) is 1. The molecule has 0 bridgehead atoms. The average molecular weight is 500 g/mol. The molecule has 2 aromatic rings. The zero-order valence-corrected chi connectivity index (χ0v) is 20.6. The molecule has 0 fully saturated rings. The minimum atomic E-state index is -3.76. The summed E-state index contributed by atoms with van der Waals surface area (Å²) in [5.74, 6) is -0.832. The van der Waals surface area contributed by atoms with E-state index in [9.17, 15) is 23.8 Å². The molecule has 10 heteroatoms. The summed E-state index contributed by atoms with van der Waals surface area (Å²) in [6, 6.07) is 11.6. The molecule has 0 saturated heterocycles. The van der Waals surface area contributed by atoms with Gasteiger partial charge in [-0.15, -0.1) is 4.40 Å². The Morgan fingerprint density at radius 2 is 1.94 bits per heavy atom. The number of ketones is 1. The van der Waals surface area contributed by atoms with Gasteiger partial charge in [0.1, 0.15) is 22.0 Å². The highest BCUT2D eigenvalue weighted by Crippen LogP contribution is 2.57. The van der Waals surface area contributed by atoms with Crippen molar-refractivity contribution in [3.8, 4) is 5.75 Å². The Morgan fingerprint density at radius 3 is 2.63 bits per heavy atom. The van der Waals surface area contributed by atoms with Crippen molar-refractivity contribution < 1.29 is 28.5 Å². The van der Waals surface area contributed by atoms with Crippen LogP contribution in [0, 0.1) is 5.92 Å². The summed E-state index contributed by atoms with van der Waals surface area (Å²) in [6.07, 6.45) is 1.34. The fourth-order valence-electron chi connectivity index (χ4n) is 4.37. The van der Waals surface area contributed by atoms with E-state index < -0.39 is 22.1 Å². The van der Waals surface area contributed by atoms with Crippen molar-refractivity contribution in [1.82, 2.24) is 0 Å². The van der Waals surface area contributed by atoms with Gasteiger partial charge in [0.15, 0.2) is 18.2 Å². The fourth-order valence-corrected chi connectivity index (χ4v) is 5.55. The molecule has 4 rings (SSSR count). The van der Waals surface area contributed by atoms with Crippen molar-refractivity contribution >= 4 is 39.7 Å². The first kappa shape index (κ1) is 24.8. The Balaban J connectivity index is 1.79. The number of hydrogen-bond acceptors (Lipinski definition) is 8. The van der Waals surface area contributed by atoms with Gasteiger partial charge in [-0.1, -0.05) is 48.9 Å². The van der Waals surface area contributed by atoms with Crippen molar-refractivity contribution in [2.24, 2.45) is 16.0 Å². The molecule has 1 aliphatic heterocycles. The summed E-state index contributed by atoms with van der Waals surface area (Å²) in [7, 11) is -3.76. The van der Waals surface area contributed by atoms with Crippen LogP contribution in [-0.2, 0) is 15.0 Å². The smallest absolute Gasteiger partial charge is 0.255 e. The molecule has 0 radical (unpaired) electrons. The standard InChI is InChI=1S/C25H29N3O6S/c1-14(2)10-11-25(3)17-7-5-4-6-16(17)22(30)21(23(25)31)24-27-18-9-8-15(34-13-20(26)29)12-19(18)35(32,33)28-24/h4-9,12,14,30,32-33H,10-11,13H2,1-3H3,(H2,26,29)(H,27,28)/t25-/m0/s1. The van der Waals surface area contributed by atoms with Crippen LogP contribution in [0.25, 0.3) is 5.76 Å². The number of Topliss-reactive ketones (excluding diaryl/α,β-unsaturated/α-hetero) is 1. The lowest BCUT2D eigenvalue weighted by Crippen LogP contribution is -2.42. The monoisotopic (exact) mass is 499 g/mol. The molecule has 9 nitrogen and oxygen atoms in total. The van der Waals surface area contributed by atoms with Gasteiger partial charge in [-0.3, -0.25) is 18.7 Å². The Kier molecular flexibility index (Phi) is 6.39. The van der Waals surface area contributed by atoms with E-state index in [0.717, 1.165) is 12.0 Å². The Morgan fingerprint density at radius 1 is 1.23 bits per heavy atom. The second-order valence-corrected chi connectivity index (χ2v) is 11.0. The molecule has 2 aliphatic rings. The predicted octanol–water partition coefficient (Wildman–Crippen LogP) is 4.65. The lowest BCUT2D eigenvalue weighted by atomic mass is 9.66.